The minimum absolute atomic E-state index is 0.0567. The van der Waals surface area contributed by atoms with E-state index in [0.29, 0.717) is 6.42 Å². The van der Waals surface area contributed by atoms with Crippen molar-refractivity contribution < 1.29 is 9.53 Å². The summed E-state index contributed by atoms with van der Waals surface area (Å²) in [4.78, 5) is 11.8. The second-order valence-electron chi connectivity index (χ2n) is 4.69. The standard InChI is InChI=1S/C14H18BrNO2/c1-10-4-5-11(9-13(10)15)16-14(17)7-6-12-3-2-8-18-12/h4-5,9,12H,2-3,6-8H2,1H3,(H,16,17). The molecule has 4 heteroatoms. The third-order valence-corrected chi connectivity index (χ3v) is 4.03. The maximum Gasteiger partial charge on any atom is 0.224 e. The maximum atomic E-state index is 11.8. The summed E-state index contributed by atoms with van der Waals surface area (Å²) in [5.41, 5.74) is 2.00. The van der Waals surface area contributed by atoms with Crippen molar-refractivity contribution in [3.8, 4) is 0 Å². The molecule has 0 bridgehead atoms. The second kappa shape index (κ2) is 6.34. The van der Waals surface area contributed by atoms with Crippen LogP contribution in [0.2, 0.25) is 0 Å². The molecular formula is C14H18BrNO2. The third kappa shape index (κ3) is 3.82. The molecule has 2 rings (SSSR count). The average Bonchev–Trinajstić information content (AvgIpc) is 2.84. The number of carbonyl (C=O) groups is 1. The van der Waals surface area contributed by atoms with E-state index >= 15 is 0 Å². The molecule has 1 saturated heterocycles. The van der Waals surface area contributed by atoms with Crippen molar-refractivity contribution in [1.29, 1.82) is 0 Å². The van der Waals surface area contributed by atoms with Gasteiger partial charge in [0.15, 0.2) is 0 Å². The lowest BCUT2D eigenvalue weighted by atomic mass is 10.1. The van der Waals surface area contributed by atoms with E-state index in [1.165, 1.54) is 0 Å². The van der Waals surface area contributed by atoms with Crippen LogP contribution in [0.4, 0.5) is 5.69 Å². The van der Waals surface area contributed by atoms with Gasteiger partial charge in [0.05, 0.1) is 6.10 Å². The summed E-state index contributed by atoms with van der Waals surface area (Å²) in [5.74, 6) is 0.0567. The zero-order valence-electron chi connectivity index (χ0n) is 10.5. The smallest absolute Gasteiger partial charge is 0.224 e. The minimum atomic E-state index is 0.0567. The lowest BCUT2D eigenvalue weighted by Crippen LogP contribution is -2.15. The first-order valence-corrected chi connectivity index (χ1v) is 7.12. The van der Waals surface area contributed by atoms with Gasteiger partial charge in [0.2, 0.25) is 5.91 Å². The second-order valence-corrected chi connectivity index (χ2v) is 5.54. The summed E-state index contributed by atoms with van der Waals surface area (Å²) < 4.78 is 6.51. The van der Waals surface area contributed by atoms with Crippen molar-refractivity contribution in [3.63, 3.8) is 0 Å². The molecule has 1 atom stereocenters. The highest BCUT2D eigenvalue weighted by molar-refractivity contribution is 9.10. The van der Waals surface area contributed by atoms with Crippen molar-refractivity contribution in [2.45, 2.75) is 38.7 Å². The Morgan fingerprint density at radius 3 is 3.06 bits per heavy atom. The van der Waals surface area contributed by atoms with Crippen molar-refractivity contribution in [2.75, 3.05) is 11.9 Å². The van der Waals surface area contributed by atoms with Crippen LogP contribution in [0, 0.1) is 6.92 Å². The highest BCUT2D eigenvalue weighted by atomic mass is 79.9. The van der Waals surface area contributed by atoms with Gasteiger partial charge in [0.25, 0.3) is 0 Å². The summed E-state index contributed by atoms with van der Waals surface area (Å²) in [6.45, 7) is 2.87. The van der Waals surface area contributed by atoms with E-state index in [2.05, 4.69) is 21.2 Å². The number of benzene rings is 1. The van der Waals surface area contributed by atoms with Gasteiger partial charge in [-0.2, -0.15) is 0 Å². The molecule has 1 fully saturated rings. The normalized spacial score (nSPS) is 18.9. The Labute approximate surface area is 116 Å². The largest absolute Gasteiger partial charge is 0.378 e. The molecule has 1 N–H and O–H groups in total. The number of hydrogen-bond acceptors (Lipinski definition) is 2. The topological polar surface area (TPSA) is 38.3 Å². The van der Waals surface area contributed by atoms with Gasteiger partial charge >= 0.3 is 0 Å². The van der Waals surface area contributed by atoms with Crippen LogP contribution in [0.25, 0.3) is 0 Å². The Morgan fingerprint density at radius 2 is 2.39 bits per heavy atom. The molecule has 0 saturated carbocycles. The highest BCUT2D eigenvalue weighted by Gasteiger charge is 2.16. The molecular weight excluding hydrogens is 294 g/mol. The zero-order chi connectivity index (χ0) is 13.0. The van der Waals surface area contributed by atoms with Gasteiger partial charge in [0, 0.05) is 23.2 Å². The zero-order valence-corrected chi connectivity index (χ0v) is 12.1. The molecule has 1 aliphatic rings. The summed E-state index contributed by atoms with van der Waals surface area (Å²) in [6.07, 6.45) is 3.83. The van der Waals surface area contributed by atoms with Crippen LogP contribution in [0.15, 0.2) is 22.7 Å². The van der Waals surface area contributed by atoms with E-state index in [9.17, 15) is 4.79 Å². The van der Waals surface area contributed by atoms with Gasteiger partial charge in [0.1, 0.15) is 0 Å². The molecule has 1 aromatic rings. The summed E-state index contributed by atoms with van der Waals surface area (Å²) >= 11 is 3.46. The molecule has 3 nitrogen and oxygen atoms in total. The van der Waals surface area contributed by atoms with Crippen LogP contribution in [0.1, 0.15) is 31.2 Å². The number of aryl methyl sites for hydroxylation is 1. The highest BCUT2D eigenvalue weighted by Crippen LogP contribution is 2.21. The molecule has 0 aromatic heterocycles. The fourth-order valence-corrected chi connectivity index (χ4v) is 2.44. The van der Waals surface area contributed by atoms with Crippen molar-refractivity contribution in [3.05, 3.63) is 28.2 Å². The van der Waals surface area contributed by atoms with Crippen molar-refractivity contribution in [2.24, 2.45) is 0 Å². The van der Waals surface area contributed by atoms with Crippen molar-refractivity contribution in [1.82, 2.24) is 0 Å². The Balaban J connectivity index is 1.80. The Bertz CT molecular complexity index is 428. The van der Waals surface area contributed by atoms with E-state index in [0.717, 1.165) is 41.6 Å². The first kappa shape index (κ1) is 13.6. The number of carbonyl (C=O) groups excluding carboxylic acids is 1. The number of nitrogens with one attached hydrogen (secondary N) is 1. The van der Waals surface area contributed by atoms with Gasteiger partial charge in [-0.3, -0.25) is 4.79 Å². The molecule has 98 valence electrons. The third-order valence-electron chi connectivity index (χ3n) is 3.17. The molecule has 1 aromatic carbocycles. The molecule has 0 radical (unpaired) electrons. The molecule has 1 amide bonds. The van der Waals surface area contributed by atoms with Gasteiger partial charge in [-0.1, -0.05) is 22.0 Å². The number of rotatable bonds is 4. The molecule has 1 aliphatic heterocycles. The fraction of sp³-hybridized carbons (Fsp3) is 0.500. The molecule has 1 unspecified atom stereocenters. The quantitative estimate of drug-likeness (QED) is 0.921. The van der Waals surface area contributed by atoms with Crippen molar-refractivity contribution >= 4 is 27.5 Å². The number of ether oxygens (including phenoxy) is 1. The molecule has 0 spiro atoms. The van der Waals surface area contributed by atoms with Gasteiger partial charge in [-0.25, -0.2) is 0 Å². The van der Waals surface area contributed by atoms with E-state index in [1.54, 1.807) is 0 Å². The Morgan fingerprint density at radius 1 is 1.56 bits per heavy atom. The van der Waals surface area contributed by atoms with Crippen LogP contribution < -0.4 is 5.32 Å². The molecule has 0 aliphatic carbocycles. The summed E-state index contributed by atoms with van der Waals surface area (Å²) in [5, 5.41) is 2.91. The van der Waals surface area contributed by atoms with E-state index in [-0.39, 0.29) is 12.0 Å². The summed E-state index contributed by atoms with van der Waals surface area (Å²) in [7, 11) is 0. The predicted molar refractivity (Wildman–Crippen MR) is 75.7 cm³/mol. The van der Waals surface area contributed by atoms with Gasteiger partial charge in [-0.05, 0) is 43.9 Å². The SMILES string of the molecule is Cc1ccc(NC(=O)CCC2CCCO2)cc1Br. The number of amides is 1. The van der Waals surface area contributed by atoms with Gasteiger partial charge < -0.3 is 10.1 Å². The molecule has 1 heterocycles. The van der Waals surface area contributed by atoms with E-state index in [4.69, 9.17) is 4.74 Å². The number of anilines is 1. The van der Waals surface area contributed by atoms with Crippen LogP contribution in [-0.2, 0) is 9.53 Å². The summed E-state index contributed by atoms with van der Waals surface area (Å²) in [6, 6.07) is 5.84. The molecule has 18 heavy (non-hydrogen) atoms. The van der Waals surface area contributed by atoms with Crippen LogP contribution in [0.5, 0.6) is 0 Å². The van der Waals surface area contributed by atoms with Crippen LogP contribution in [-0.4, -0.2) is 18.6 Å². The lowest BCUT2D eigenvalue weighted by Gasteiger charge is -2.10. The number of hydrogen-bond donors (Lipinski definition) is 1. The van der Waals surface area contributed by atoms with Crippen LogP contribution >= 0.6 is 15.9 Å². The predicted octanol–water partition coefficient (Wildman–Crippen LogP) is 3.66. The Hall–Kier alpha value is -0.870. The van der Waals surface area contributed by atoms with Crippen LogP contribution in [0.3, 0.4) is 0 Å². The average molecular weight is 312 g/mol. The lowest BCUT2D eigenvalue weighted by molar-refractivity contribution is -0.116. The monoisotopic (exact) mass is 311 g/mol. The minimum Gasteiger partial charge on any atom is -0.378 e. The van der Waals surface area contributed by atoms with E-state index in [1.807, 2.05) is 25.1 Å². The first-order valence-electron chi connectivity index (χ1n) is 6.33. The van der Waals surface area contributed by atoms with E-state index < -0.39 is 0 Å². The number of halogens is 1. The Kier molecular flexibility index (Phi) is 4.78. The van der Waals surface area contributed by atoms with Gasteiger partial charge in [-0.15, -0.1) is 0 Å². The first-order chi connectivity index (χ1) is 8.65. The fourth-order valence-electron chi connectivity index (χ4n) is 2.06. The maximum absolute atomic E-state index is 11.8.